The lowest BCUT2D eigenvalue weighted by molar-refractivity contribution is 0.329. The van der Waals surface area contributed by atoms with Crippen LogP contribution in [0.3, 0.4) is 0 Å². The van der Waals surface area contributed by atoms with Crippen molar-refractivity contribution in [1.29, 1.82) is 21.0 Å². The van der Waals surface area contributed by atoms with Gasteiger partial charge in [0, 0.05) is 12.1 Å². The molecule has 0 amide bonds. The highest BCUT2D eigenvalue weighted by Gasteiger charge is 2.29. The van der Waals surface area contributed by atoms with Gasteiger partial charge in [-0.2, -0.15) is 38.6 Å². The van der Waals surface area contributed by atoms with Crippen molar-refractivity contribution < 1.29 is 36.5 Å². The molecule has 222 valence electrons. The predicted molar refractivity (Wildman–Crippen MR) is 151 cm³/mol. The molecule has 0 radical (unpaired) electrons. The van der Waals surface area contributed by atoms with Crippen molar-refractivity contribution in [2.75, 3.05) is 0 Å². The summed E-state index contributed by atoms with van der Waals surface area (Å²) in [4.78, 5) is 0. The van der Waals surface area contributed by atoms with E-state index in [-0.39, 0.29) is 56.8 Å². The Bertz CT molecular complexity index is 2000. The number of nitriles is 4. The van der Waals surface area contributed by atoms with E-state index in [1.807, 2.05) is 24.3 Å². The lowest BCUT2D eigenvalue weighted by atomic mass is 10.1. The summed E-state index contributed by atoms with van der Waals surface area (Å²) < 4.78 is 81.8. The molecule has 0 aromatic heterocycles. The Labute approximate surface area is 258 Å². The normalized spacial score (nSPS) is 10.1. The van der Waals surface area contributed by atoms with Crippen molar-refractivity contribution in [3.8, 4) is 70.3 Å². The Kier molecular flexibility index (Phi) is 8.66. The average Bonchev–Trinajstić information content (AvgIpc) is 3.08. The SMILES string of the molecule is N#Cc1ccc(Oc2cccc(Oc3c(F)c(F)c(Oc4cccc(Oc5ccc(C#N)c(C#N)c5)c4)c(F)c3F)c2)cc1C#N. The largest absolute Gasteiger partial charge is 0.457 e. The fourth-order valence-electron chi connectivity index (χ4n) is 4.03. The van der Waals surface area contributed by atoms with Crippen molar-refractivity contribution in [3.63, 3.8) is 0 Å². The zero-order chi connectivity index (χ0) is 32.8. The molecule has 0 saturated heterocycles. The number of nitrogens with zero attached hydrogens (tertiary/aromatic N) is 4. The van der Waals surface area contributed by atoms with Gasteiger partial charge in [-0.3, -0.25) is 0 Å². The van der Waals surface area contributed by atoms with E-state index < -0.39 is 34.8 Å². The molecule has 0 fully saturated rings. The Morgan fingerprint density at radius 2 is 0.674 bits per heavy atom. The number of rotatable bonds is 8. The number of hydrogen-bond acceptors (Lipinski definition) is 8. The summed E-state index contributed by atoms with van der Waals surface area (Å²) in [5.41, 5.74) is 0.385. The van der Waals surface area contributed by atoms with Crippen LogP contribution < -0.4 is 18.9 Å². The summed E-state index contributed by atoms with van der Waals surface area (Å²) in [6.07, 6.45) is 0. The molecule has 0 atom stereocenters. The molecule has 5 aromatic carbocycles. The molecule has 0 aliphatic carbocycles. The first kappa shape index (κ1) is 30.4. The molecule has 5 rings (SSSR count). The predicted octanol–water partition coefficient (Wildman–Crippen LogP) is 8.90. The van der Waals surface area contributed by atoms with Crippen LogP contribution in [0.15, 0.2) is 84.9 Å². The Morgan fingerprint density at radius 3 is 1.00 bits per heavy atom. The Balaban J connectivity index is 1.36. The lowest BCUT2D eigenvalue weighted by Gasteiger charge is -2.15. The summed E-state index contributed by atoms with van der Waals surface area (Å²) in [6, 6.07) is 26.2. The van der Waals surface area contributed by atoms with E-state index in [9.17, 15) is 10.5 Å². The van der Waals surface area contributed by atoms with Crippen LogP contribution in [-0.4, -0.2) is 0 Å². The smallest absolute Gasteiger partial charge is 0.208 e. The van der Waals surface area contributed by atoms with Gasteiger partial charge in [0.05, 0.1) is 22.3 Å². The van der Waals surface area contributed by atoms with Gasteiger partial charge in [-0.15, -0.1) is 0 Å². The minimum atomic E-state index is -1.88. The second-order valence-corrected chi connectivity index (χ2v) is 9.13. The minimum absolute atomic E-state index is 0.0598. The fraction of sp³-hybridized carbons (Fsp3) is 0. The van der Waals surface area contributed by atoms with E-state index in [1.165, 1.54) is 84.9 Å². The molecule has 0 unspecified atom stereocenters. The van der Waals surface area contributed by atoms with Crippen molar-refractivity contribution >= 4 is 0 Å². The molecular weight excluding hydrogens is 604 g/mol. The molecule has 0 aliphatic heterocycles. The maximum absolute atomic E-state index is 15.0. The van der Waals surface area contributed by atoms with E-state index in [0.717, 1.165) is 0 Å². The van der Waals surface area contributed by atoms with Gasteiger partial charge in [-0.05, 0) is 60.7 Å². The molecule has 46 heavy (non-hydrogen) atoms. The third-order valence-electron chi connectivity index (χ3n) is 6.17. The molecular formula is C34H14F4N4O4. The molecule has 5 aromatic rings. The molecule has 0 saturated carbocycles. The third-order valence-corrected chi connectivity index (χ3v) is 6.17. The first-order valence-electron chi connectivity index (χ1n) is 12.9. The van der Waals surface area contributed by atoms with Gasteiger partial charge in [-0.25, -0.2) is 0 Å². The summed E-state index contributed by atoms with van der Waals surface area (Å²) in [5, 5.41) is 36.5. The van der Waals surface area contributed by atoms with Crippen LogP contribution in [-0.2, 0) is 0 Å². The van der Waals surface area contributed by atoms with E-state index in [2.05, 4.69) is 0 Å². The second kappa shape index (κ2) is 13.1. The van der Waals surface area contributed by atoms with E-state index >= 15 is 17.6 Å². The van der Waals surface area contributed by atoms with Gasteiger partial charge in [0.25, 0.3) is 0 Å². The van der Waals surface area contributed by atoms with E-state index in [1.54, 1.807) is 0 Å². The van der Waals surface area contributed by atoms with Crippen LogP contribution in [0.1, 0.15) is 22.3 Å². The van der Waals surface area contributed by atoms with Gasteiger partial charge in [-0.1, -0.05) is 12.1 Å². The van der Waals surface area contributed by atoms with Crippen LogP contribution in [0.2, 0.25) is 0 Å². The highest BCUT2D eigenvalue weighted by atomic mass is 19.2. The minimum Gasteiger partial charge on any atom is -0.457 e. The van der Waals surface area contributed by atoms with Gasteiger partial charge in [0.2, 0.25) is 34.8 Å². The molecule has 0 heterocycles. The highest BCUT2D eigenvalue weighted by molar-refractivity contribution is 5.52. The van der Waals surface area contributed by atoms with Crippen LogP contribution in [0.25, 0.3) is 0 Å². The second-order valence-electron chi connectivity index (χ2n) is 9.13. The molecule has 0 bridgehead atoms. The maximum atomic E-state index is 15.0. The van der Waals surface area contributed by atoms with Crippen LogP contribution in [0, 0.1) is 68.6 Å². The number of hydrogen-bond donors (Lipinski definition) is 0. The third kappa shape index (κ3) is 6.33. The van der Waals surface area contributed by atoms with E-state index in [4.69, 9.17) is 29.5 Å². The summed E-state index contributed by atoms with van der Waals surface area (Å²) >= 11 is 0. The quantitative estimate of drug-likeness (QED) is 0.124. The molecule has 0 aliphatic rings. The first-order chi connectivity index (χ1) is 22.2. The number of ether oxygens (including phenoxy) is 4. The Morgan fingerprint density at radius 1 is 0.370 bits per heavy atom. The van der Waals surface area contributed by atoms with Gasteiger partial charge in [0.1, 0.15) is 58.8 Å². The average molecular weight is 619 g/mol. The number of benzene rings is 5. The zero-order valence-electron chi connectivity index (χ0n) is 23.0. The van der Waals surface area contributed by atoms with Gasteiger partial charge >= 0.3 is 0 Å². The van der Waals surface area contributed by atoms with Crippen molar-refractivity contribution in [1.82, 2.24) is 0 Å². The summed E-state index contributed by atoms with van der Waals surface area (Å²) in [6.45, 7) is 0. The number of halogens is 4. The van der Waals surface area contributed by atoms with Crippen molar-refractivity contribution in [2.45, 2.75) is 0 Å². The zero-order valence-corrected chi connectivity index (χ0v) is 23.0. The van der Waals surface area contributed by atoms with Crippen LogP contribution >= 0.6 is 0 Å². The molecule has 0 N–H and O–H groups in total. The lowest BCUT2D eigenvalue weighted by Crippen LogP contribution is -2.04. The van der Waals surface area contributed by atoms with Crippen molar-refractivity contribution in [3.05, 3.63) is 130 Å². The molecule has 0 spiro atoms. The molecule has 12 heteroatoms. The van der Waals surface area contributed by atoms with Crippen LogP contribution in [0.5, 0.6) is 46.0 Å². The topological polar surface area (TPSA) is 132 Å². The summed E-state index contributed by atoms with van der Waals surface area (Å²) in [7, 11) is 0. The standard InChI is InChI=1S/C34H14F4N4O4/c35-29-31(37)34(46-26-6-2-4-24(14-26)44-28-10-8-20(16-40)22(12-28)18-42)32(38)30(36)33(29)45-25-5-1-3-23(13-25)43-27-9-7-19(15-39)21(11-27)17-41/h1-14H. The summed E-state index contributed by atoms with van der Waals surface area (Å²) in [5.74, 6) is -10.2. The van der Waals surface area contributed by atoms with Gasteiger partial charge < -0.3 is 18.9 Å². The first-order valence-corrected chi connectivity index (χ1v) is 12.9. The van der Waals surface area contributed by atoms with Crippen molar-refractivity contribution in [2.24, 2.45) is 0 Å². The van der Waals surface area contributed by atoms with Crippen LogP contribution in [0.4, 0.5) is 17.6 Å². The molecule has 8 nitrogen and oxygen atoms in total. The highest BCUT2D eigenvalue weighted by Crippen LogP contribution is 2.40. The maximum Gasteiger partial charge on any atom is 0.208 e. The van der Waals surface area contributed by atoms with E-state index in [0.29, 0.717) is 0 Å². The Hall–Kier alpha value is -7.02. The monoisotopic (exact) mass is 618 g/mol. The fourth-order valence-corrected chi connectivity index (χ4v) is 4.03. The van der Waals surface area contributed by atoms with Gasteiger partial charge in [0.15, 0.2) is 0 Å².